The Morgan fingerprint density at radius 1 is 1.43 bits per heavy atom. The van der Waals surface area contributed by atoms with E-state index in [2.05, 4.69) is 22.1 Å². The second-order valence-corrected chi connectivity index (χ2v) is 6.27. The lowest BCUT2D eigenvalue weighted by molar-refractivity contribution is -0.123. The zero-order valence-corrected chi connectivity index (χ0v) is 13.4. The Morgan fingerprint density at radius 2 is 2.35 bits per heavy atom. The van der Waals surface area contributed by atoms with Gasteiger partial charge in [-0.3, -0.25) is 14.7 Å². The molecule has 0 spiro atoms. The van der Waals surface area contributed by atoms with Crippen molar-refractivity contribution in [2.75, 3.05) is 13.1 Å². The molecule has 5 nitrogen and oxygen atoms in total. The van der Waals surface area contributed by atoms with E-state index in [9.17, 15) is 4.79 Å². The lowest BCUT2D eigenvalue weighted by atomic mass is 9.91. The Morgan fingerprint density at radius 3 is 3.09 bits per heavy atom. The number of nitrogens with zero attached hydrogens (tertiary/aromatic N) is 2. The van der Waals surface area contributed by atoms with E-state index >= 15 is 0 Å². The number of hydrogen-bond acceptors (Lipinski definition) is 4. The van der Waals surface area contributed by atoms with Crippen LogP contribution in [0, 0.1) is 5.92 Å². The first-order chi connectivity index (χ1) is 11.2. The number of hydrogen-bond donors (Lipinski definition) is 1. The summed E-state index contributed by atoms with van der Waals surface area (Å²) in [5.41, 5.74) is 1.01. The minimum absolute atomic E-state index is 0.0416. The minimum atomic E-state index is 0.0416. The van der Waals surface area contributed by atoms with Crippen LogP contribution in [0.15, 0.2) is 47.3 Å². The average Bonchev–Trinajstić information content (AvgIpc) is 3.10. The molecule has 122 valence electrons. The summed E-state index contributed by atoms with van der Waals surface area (Å²) in [5, 5.41) is 2.97. The van der Waals surface area contributed by atoms with Crippen LogP contribution in [-0.4, -0.2) is 28.9 Å². The molecule has 1 saturated heterocycles. The highest BCUT2D eigenvalue weighted by atomic mass is 16.3. The highest BCUT2D eigenvalue weighted by Gasteiger charge is 2.30. The summed E-state index contributed by atoms with van der Waals surface area (Å²) in [6.07, 6.45) is 7.36. The second-order valence-electron chi connectivity index (χ2n) is 6.27. The lowest BCUT2D eigenvalue weighted by Crippen LogP contribution is -2.42. The molecule has 1 N–H and O–H groups in total. The lowest BCUT2D eigenvalue weighted by Gasteiger charge is -2.36. The topological polar surface area (TPSA) is 58.4 Å². The maximum absolute atomic E-state index is 12.3. The van der Waals surface area contributed by atoms with Gasteiger partial charge in [0, 0.05) is 18.9 Å². The summed E-state index contributed by atoms with van der Waals surface area (Å²) < 4.78 is 5.58. The fourth-order valence-electron chi connectivity index (χ4n) is 3.10. The molecule has 5 heteroatoms. The molecule has 0 aliphatic carbocycles. The van der Waals surface area contributed by atoms with Crippen molar-refractivity contribution < 1.29 is 9.21 Å². The van der Waals surface area contributed by atoms with E-state index in [1.54, 1.807) is 18.7 Å². The van der Waals surface area contributed by atoms with E-state index in [4.69, 9.17) is 4.42 Å². The number of carbonyl (C=O) groups excluding carboxylic acids is 1. The molecule has 0 unspecified atom stereocenters. The fraction of sp³-hybridized carbons (Fsp3) is 0.444. The first kappa shape index (κ1) is 15.7. The van der Waals surface area contributed by atoms with Gasteiger partial charge in [0.15, 0.2) is 0 Å². The van der Waals surface area contributed by atoms with Gasteiger partial charge >= 0.3 is 0 Å². The van der Waals surface area contributed by atoms with Gasteiger partial charge in [0.1, 0.15) is 5.76 Å². The van der Waals surface area contributed by atoms with Crippen molar-refractivity contribution in [3.05, 3.63) is 54.2 Å². The number of amides is 1. The number of likely N-dealkylation sites (tertiary alicyclic amines) is 1. The number of nitrogens with one attached hydrogen (secondary N) is 1. The van der Waals surface area contributed by atoms with Gasteiger partial charge in [-0.2, -0.15) is 0 Å². The summed E-state index contributed by atoms with van der Waals surface area (Å²) in [6, 6.07) is 7.94. The van der Waals surface area contributed by atoms with E-state index < -0.39 is 0 Å². The summed E-state index contributed by atoms with van der Waals surface area (Å²) in [6.45, 7) is 4.10. The Kier molecular flexibility index (Phi) is 5.08. The summed E-state index contributed by atoms with van der Waals surface area (Å²) >= 11 is 0. The van der Waals surface area contributed by atoms with Gasteiger partial charge < -0.3 is 9.73 Å². The quantitative estimate of drug-likeness (QED) is 0.922. The van der Waals surface area contributed by atoms with Crippen LogP contribution >= 0.6 is 0 Å². The van der Waals surface area contributed by atoms with Crippen LogP contribution in [0.25, 0.3) is 0 Å². The van der Waals surface area contributed by atoms with E-state index in [0.29, 0.717) is 19.0 Å². The van der Waals surface area contributed by atoms with E-state index in [1.165, 1.54) is 0 Å². The first-order valence-electron chi connectivity index (χ1n) is 8.15. The third-order valence-corrected chi connectivity index (χ3v) is 4.41. The van der Waals surface area contributed by atoms with Crippen LogP contribution in [0.3, 0.4) is 0 Å². The molecular formula is C18H23N3O2. The molecule has 0 aromatic carbocycles. The average molecular weight is 313 g/mol. The largest absolute Gasteiger partial charge is 0.468 e. The highest BCUT2D eigenvalue weighted by molar-refractivity contribution is 5.78. The van der Waals surface area contributed by atoms with Crippen LogP contribution in [0.1, 0.15) is 37.1 Å². The Bertz CT molecular complexity index is 612. The second kappa shape index (κ2) is 7.42. The van der Waals surface area contributed by atoms with Crippen LogP contribution in [0.5, 0.6) is 0 Å². The molecule has 0 bridgehead atoms. The third-order valence-electron chi connectivity index (χ3n) is 4.41. The number of carbonyl (C=O) groups is 1. The number of rotatable bonds is 5. The number of pyridine rings is 1. The van der Waals surface area contributed by atoms with Crippen molar-refractivity contribution in [3.8, 4) is 0 Å². The van der Waals surface area contributed by atoms with E-state index in [1.807, 2.05) is 24.3 Å². The Labute approximate surface area is 136 Å². The molecule has 1 aliphatic rings. The van der Waals surface area contributed by atoms with Gasteiger partial charge in [0.2, 0.25) is 5.91 Å². The Balaban J connectivity index is 1.57. The number of aromatic nitrogens is 1. The predicted octanol–water partition coefficient (Wildman–Crippen LogP) is 2.76. The maximum Gasteiger partial charge on any atom is 0.234 e. The van der Waals surface area contributed by atoms with E-state index in [-0.39, 0.29) is 11.9 Å². The van der Waals surface area contributed by atoms with Crippen LogP contribution in [0.2, 0.25) is 0 Å². The summed E-state index contributed by atoms with van der Waals surface area (Å²) in [4.78, 5) is 18.6. The summed E-state index contributed by atoms with van der Waals surface area (Å²) in [5.74, 6) is 1.65. The van der Waals surface area contributed by atoms with Gasteiger partial charge in [-0.1, -0.05) is 13.0 Å². The molecule has 0 radical (unpaired) electrons. The van der Waals surface area contributed by atoms with Gasteiger partial charge in [0.05, 0.1) is 18.8 Å². The minimum Gasteiger partial charge on any atom is -0.468 e. The normalized spacial score (nSPS) is 22.0. The van der Waals surface area contributed by atoms with Gasteiger partial charge in [-0.25, -0.2) is 0 Å². The molecular weight excluding hydrogens is 290 g/mol. The van der Waals surface area contributed by atoms with Crippen LogP contribution < -0.4 is 5.32 Å². The zero-order chi connectivity index (χ0) is 16.1. The summed E-state index contributed by atoms with van der Waals surface area (Å²) in [7, 11) is 0. The number of furan rings is 1. The molecule has 2 aromatic heterocycles. The third kappa shape index (κ3) is 4.20. The van der Waals surface area contributed by atoms with Crippen LogP contribution in [0.4, 0.5) is 0 Å². The van der Waals surface area contributed by atoms with Crippen molar-refractivity contribution in [1.29, 1.82) is 0 Å². The maximum atomic E-state index is 12.3. The van der Waals surface area contributed by atoms with Gasteiger partial charge in [0.25, 0.3) is 0 Å². The van der Waals surface area contributed by atoms with Crippen LogP contribution in [-0.2, 0) is 11.3 Å². The highest BCUT2D eigenvalue weighted by Crippen LogP contribution is 2.33. The Hall–Kier alpha value is -2.14. The first-order valence-corrected chi connectivity index (χ1v) is 8.15. The molecule has 1 amide bonds. The molecule has 3 rings (SSSR count). The molecule has 0 saturated carbocycles. The van der Waals surface area contributed by atoms with Crippen molar-refractivity contribution in [1.82, 2.24) is 15.2 Å². The van der Waals surface area contributed by atoms with Gasteiger partial charge in [-0.15, -0.1) is 0 Å². The molecule has 2 atom stereocenters. The van der Waals surface area contributed by atoms with Gasteiger partial charge in [-0.05, 0) is 49.1 Å². The van der Waals surface area contributed by atoms with Crippen molar-refractivity contribution >= 4 is 5.91 Å². The molecule has 1 fully saturated rings. The standard InChI is InChI=1S/C18H23N3O2/c1-14-6-8-21(16(10-14)17-5-3-9-23-17)13-18(22)20-12-15-4-2-7-19-11-15/h2-5,7,9,11,14,16H,6,8,10,12-13H2,1H3,(H,20,22)/t14-,16-/m1/s1. The fourth-order valence-corrected chi connectivity index (χ4v) is 3.10. The van der Waals surface area contributed by atoms with Crippen molar-refractivity contribution in [2.45, 2.75) is 32.4 Å². The smallest absolute Gasteiger partial charge is 0.234 e. The molecule has 3 heterocycles. The zero-order valence-electron chi connectivity index (χ0n) is 13.4. The molecule has 2 aromatic rings. The predicted molar refractivity (Wildman–Crippen MR) is 87.5 cm³/mol. The molecule has 1 aliphatic heterocycles. The van der Waals surface area contributed by atoms with Crippen molar-refractivity contribution in [3.63, 3.8) is 0 Å². The number of piperidine rings is 1. The molecule has 23 heavy (non-hydrogen) atoms. The van der Waals surface area contributed by atoms with Crippen molar-refractivity contribution in [2.24, 2.45) is 5.92 Å². The SMILES string of the molecule is C[C@@H]1CCN(CC(=O)NCc2cccnc2)[C@@H](c2ccco2)C1. The monoisotopic (exact) mass is 313 g/mol. The van der Waals surface area contributed by atoms with E-state index in [0.717, 1.165) is 30.7 Å².